The van der Waals surface area contributed by atoms with Crippen LogP contribution in [-0.4, -0.2) is 31.2 Å². The van der Waals surface area contributed by atoms with Gasteiger partial charge in [0.1, 0.15) is 5.54 Å². The lowest BCUT2D eigenvalue weighted by Crippen LogP contribution is -2.53. The van der Waals surface area contributed by atoms with Crippen molar-refractivity contribution in [1.29, 1.82) is 0 Å². The molecular weight excluding hydrogens is 208 g/mol. The van der Waals surface area contributed by atoms with Gasteiger partial charge in [0.2, 0.25) is 0 Å². The van der Waals surface area contributed by atoms with Crippen molar-refractivity contribution in [3.05, 3.63) is 10.4 Å². The van der Waals surface area contributed by atoms with Crippen LogP contribution in [0.2, 0.25) is 0 Å². The second kappa shape index (κ2) is 5.72. The summed E-state index contributed by atoms with van der Waals surface area (Å²) in [6, 6.07) is 0. The third kappa shape index (κ3) is 3.12. The fourth-order valence-corrected chi connectivity index (χ4v) is 1.74. The molecular formula is C10H18N4O2. The Balaban J connectivity index is 2.50. The minimum absolute atomic E-state index is 0.210. The van der Waals surface area contributed by atoms with E-state index in [4.69, 9.17) is 10.3 Å². The Bertz CT molecular complexity index is 297. The van der Waals surface area contributed by atoms with Crippen molar-refractivity contribution >= 4 is 5.97 Å². The molecule has 1 atom stereocenters. The summed E-state index contributed by atoms with van der Waals surface area (Å²) in [4.78, 5) is 14.5. The monoisotopic (exact) mass is 226 g/mol. The van der Waals surface area contributed by atoms with Gasteiger partial charge in [-0.15, -0.1) is 0 Å². The largest absolute Gasteiger partial charge is 0.465 e. The zero-order chi connectivity index (χ0) is 12.0. The molecule has 0 spiro atoms. The van der Waals surface area contributed by atoms with Gasteiger partial charge in [-0.3, -0.25) is 4.79 Å². The predicted octanol–water partition coefficient (Wildman–Crippen LogP) is 1.62. The van der Waals surface area contributed by atoms with Crippen molar-refractivity contribution in [2.75, 3.05) is 19.7 Å². The number of ether oxygens (including phenoxy) is 1. The summed E-state index contributed by atoms with van der Waals surface area (Å²) >= 11 is 0. The Morgan fingerprint density at radius 3 is 2.88 bits per heavy atom. The van der Waals surface area contributed by atoms with Crippen molar-refractivity contribution < 1.29 is 9.53 Å². The number of carbonyl (C=O) groups is 1. The van der Waals surface area contributed by atoms with Crippen molar-refractivity contribution in [1.82, 2.24) is 5.32 Å². The average molecular weight is 226 g/mol. The number of carbonyl (C=O) groups excluding carboxylic acids is 1. The van der Waals surface area contributed by atoms with E-state index >= 15 is 0 Å². The zero-order valence-electron chi connectivity index (χ0n) is 9.77. The molecule has 1 rings (SSSR count). The van der Waals surface area contributed by atoms with Crippen LogP contribution in [0, 0.1) is 5.92 Å². The molecule has 0 heterocycles. The van der Waals surface area contributed by atoms with Gasteiger partial charge in [-0.05, 0) is 38.1 Å². The molecule has 1 fully saturated rings. The molecule has 0 aliphatic heterocycles. The van der Waals surface area contributed by atoms with E-state index in [1.165, 1.54) is 0 Å². The molecule has 0 saturated heterocycles. The highest BCUT2D eigenvalue weighted by molar-refractivity contribution is 5.81. The van der Waals surface area contributed by atoms with Gasteiger partial charge in [-0.2, -0.15) is 0 Å². The minimum atomic E-state index is -0.624. The Labute approximate surface area is 95.0 Å². The molecule has 0 bridgehead atoms. The number of rotatable bonds is 7. The molecule has 1 aliphatic rings. The standard InChI is InChI=1S/C10H18N4O2/c1-3-16-9(15)10(2,8-4-5-8)12-6-7-13-14-11/h8,12H,3-7H2,1-2H3. The van der Waals surface area contributed by atoms with Crippen LogP contribution >= 0.6 is 0 Å². The Kier molecular flexibility index (Phi) is 4.58. The van der Waals surface area contributed by atoms with E-state index in [1.54, 1.807) is 6.92 Å². The van der Waals surface area contributed by atoms with Crippen molar-refractivity contribution in [3.8, 4) is 0 Å². The molecule has 1 aliphatic carbocycles. The lowest BCUT2D eigenvalue weighted by atomic mass is 9.96. The normalized spacial score (nSPS) is 18.4. The number of hydrogen-bond acceptors (Lipinski definition) is 4. The van der Waals surface area contributed by atoms with Crippen LogP contribution in [0.25, 0.3) is 10.4 Å². The second-order valence-corrected chi connectivity index (χ2v) is 4.08. The fraction of sp³-hybridized carbons (Fsp3) is 0.900. The summed E-state index contributed by atoms with van der Waals surface area (Å²) in [5.41, 5.74) is 7.53. The third-order valence-electron chi connectivity index (χ3n) is 2.86. The van der Waals surface area contributed by atoms with Crippen LogP contribution in [0.5, 0.6) is 0 Å². The molecule has 0 aromatic carbocycles. The minimum Gasteiger partial charge on any atom is -0.465 e. The van der Waals surface area contributed by atoms with E-state index in [1.807, 2.05) is 6.92 Å². The smallest absolute Gasteiger partial charge is 0.326 e. The first-order chi connectivity index (χ1) is 7.65. The average Bonchev–Trinajstić information content (AvgIpc) is 3.08. The van der Waals surface area contributed by atoms with Crippen LogP contribution in [-0.2, 0) is 9.53 Å². The quantitative estimate of drug-likeness (QED) is 0.235. The number of azide groups is 1. The summed E-state index contributed by atoms with van der Waals surface area (Å²) in [5, 5.41) is 6.56. The van der Waals surface area contributed by atoms with Gasteiger partial charge in [0.25, 0.3) is 0 Å². The predicted molar refractivity (Wildman–Crippen MR) is 59.8 cm³/mol. The van der Waals surface area contributed by atoms with Crippen molar-refractivity contribution in [2.45, 2.75) is 32.2 Å². The molecule has 0 aromatic rings. The van der Waals surface area contributed by atoms with E-state index in [9.17, 15) is 4.79 Å². The van der Waals surface area contributed by atoms with Gasteiger partial charge in [0.05, 0.1) is 6.61 Å². The van der Waals surface area contributed by atoms with Crippen LogP contribution in [0.3, 0.4) is 0 Å². The Hall–Kier alpha value is -1.26. The van der Waals surface area contributed by atoms with Crippen LogP contribution in [0.1, 0.15) is 26.7 Å². The summed E-state index contributed by atoms with van der Waals surface area (Å²) in [7, 11) is 0. The molecule has 16 heavy (non-hydrogen) atoms. The highest BCUT2D eigenvalue weighted by atomic mass is 16.5. The van der Waals surface area contributed by atoms with Gasteiger partial charge in [-0.25, -0.2) is 0 Å². The summed E-state index contributed by atoms with van der Waals surface area (Å²) < 4.78 is 5.06. The van der Waals surface area contributed by atoms with Crippen LogP contribution in [0.15, 0.2) is 5.11 Å². The molecule has 0 amide bonds. The summed E-state index contributed by atoms with van der Waals surface area (Å²) in [6.45, 7) is 4.89. The van der Waals surface area contributed by atoms with E-state index in [0.717, 1.165) is 12.8 Å². The van der Waals surface area contributed by atoms with Gasteiger partial charge >= 0.3 is 5.97 Å². The Morgan fingerprint density at radius 2 is 2.38 bits per heavy atom. The number of hydrogen-bond donors (Lipinski definition) is 1. The SMILES string of the molecule is CCOC(=O)C(C)(NCCN=[N+]=[N-])C1CC1. The van der Waals surface area contributed by atoms with E-state index < -0.39 is 5.54 Å². The lowest BCUT2D eigenvalue weighted by Gasteiger charge is -2.28. The molecule has 0 radical (unpaired) electrons. The topological polar surface area (TPSA) is 87.1 Å². The number of nitrogens with zero attached hydrogens (tertiary/aromatic N) is 3. The molecule has 0 aromatic heterocycles. The maximum atomic E-state index is 11.8. The molecule has 1 saturated carbocycles. The van der Waals surface area contributed by atoms with E-state index in [0.29, 0.717) is 25.6 Å². The first-order valence-electron chi connectivity index (χ1n) is 5.58. The second-order valence-electron chi connectivity index (χ2n) is 4.08. The molecule has 1 N–H and O–H groups in total. The maximum absolute atomic E-state index is 11.8. The van der Waals surface area contributed by atoms with E-state index in [2.05, 4.69) is 15.3 Å². The van der Waals surface area contributed by atoms with Gasteiger partial charge < -0.3 is 10.1 Å². The van der Waals surface area contributed by atoms with Gasteiger partial charge in [-0.1, -0.05) is 5.11 Å². The number of esters is 1. The fourth-order valence-electron chi connectivity index (χ4n) is 1.74. The lowest BCUT2D eigenvalue weighted by molar-refractivity contribution is -0.151. The van der Waals surface area contributed by atoms with Crippen LogP contribution in [0.4, 0.5) is 0 Å². The molecule has 6 nitrogen and oxygen atoms in total. The van der Waals surface area contributed by atoms with Crippen molar-refractivity contribution in [2.24, 2.45) is 11.0 Å². The Morgan fingerprint density at radius 1 is 1.69 bits per heavy atom. The van der Waals surface area contributed by atoms with E-state index in [-0.39, 0.29) is 5.97 Å². The first kappa shape index (κ1) is 12.8. The first-order valence-corrected chi connectivity index (χ1v) is 5.58. The third-order valence-corrected chi connectivity index (χ3v) is 2.86. The van der Waals surface area contributed by atoms with Gasteiger partial charge in [0, 0.05) is 18.0 Å². The highest BCUT2D eigenvalue weighted by Crippen LogP contribution is 2.40. The summed E-state index contributed by atoms with van der Waals surface area (Å²) in [5.74, 6) is 0.135. The maximum Gasteiger partial charge on any atom is 0.326 e. The highest BCUT2D eigenvalue weighted by Gasteiger charge is 2.47. The molecule has 90 valence electrons. The summed E-state index contributed by atoms with van der Waals surface area (Å²) in [6.07, 6.45) is 2.09. The molecule has 6 heteroatoms. The zero-order valence-corrected chi connectivity index (χ0v) is 9.77. The van der Waals surface area contributed by atoms with Crippen LogP contribution < -0.4 is 5.32 Å². The van der Waals surface area contributed by atoms with Gasteiger partial charge in [0.15, 0.2) is 0 Å². The van der Waals surface area contributed by atoms with Crippen molar-refractivity contribution in [3.63, 3.8) is 0 Å². The molecule has 1 unspecified atom stereocenters. The number of nitrogens with one attached hydrogen (secondary N) is 1.